The fourth-order valence-electron chi connectivity index (χ4n) is 4.72. The van der Waals surface area contributed by atoms with Crippen LogP contribution < -0.4 is 20.9 Å². The molecule has 1 aromatic carbocycles. The number of hydrogen-bond acceptors (Lipinski definition) is 4. The molecule has 4 rings (SSSR count). The lowest BCUT2D eigenvalue weighted by atomic mass is 9.79. The molecule has 1 amide bonds. The molecule has 154 valence electrons. The molecular formula is C23H29N3O3. The predicted octanol–water partition coefficient (Wildman–Crippen LogP) is 2.24. The Morgan fingerprint density at radius 2 is 2.03 bits per heavy atom. The monoisotopic (exact) mass is 395 g/mol. The number of pyridine rings is 1. The lowest BCUT2D eigenvalue weighted by molar-refractivity contribution is -0.121. The summed E-state index contributed by atoms with van der Waals surface area (Å²) in [6.45, 7) is 2.33. The maximum Gasteiger partial charge on any atom is 0.251 e. The number of methoxy groups -OCH3 is 1. The van der Waals surface area contributed by atoms with Crippen LogP contribution in [0.4, 0.5) is 0 Å². The minimum absolute atomic E-state index is 0.0216. The van der Waals surface area contributed by atoms with Crippen molar-refractivity contribution < 1.29 is 9.53 Å². The van der Waals surface area contributed by atoms with E-state index in [1.165, 1.54) is 5.56 Å². The number of rotatable bonds is 7. The normalized spacial score (nSPS) is 22.6. The Morgan fingerprint density at radius 1 is 1.21 bits per heavy atom. The molecule has 1 saturated heterocycles. The number of amides is 1. The molecule has 0 unspecified atom stereocenters. The summed E-state index contributed by atoms with van der Waals surface area (Å²) in [5, 5.41) is 6.57. The van der Waals surface area contributed by atoms with E-state index in [0.717, 1.165) is 43.8 Å². The summed E-state index contributed by atoms with van der Waals surface area (Å²) in [7, 11) is 1.65. The number of aromatic nitrogens is 1. The van der Waals surface area contributed by atoms with Crippen LogP contribution in [0.1, 0.15) is 42.5 Å². The van der Waals surface area contributed by atoms with Crippen LogP contribution in [0.25, 0.3) is 0 Å². The van der Waals surface area contributed by atoms with Crippen LogP contribution in [0.2, 0.25) is 0 Å². The molecule has 0 aliphatic carbocycles. The first-order valence-corrected chi connectivity index (χ1v) is 10.5. The van der Waals surface area contributed by atoms with E-state index >= 15 is 0 Å². The van der Waals surface area contributed by atoms with Crippen LogP contribution >= 0.6 is 0 Å². The van der Waals surface area contributed by atoms with Gasteiger partial charge in [-0.3, -0.25) is 9.59 Å². The Kier molecular flexibility index (Phi) is 6.00. The third kappa shape index (κ3) is 4.37. The van der Waals surface area contributed by atoms with Gasteiger partial charge in [0.05, 0.1) is 13.2 Å². The molecular weight excluding hydrogens is 366 g/mol. The van der Waals surface area contributed by atoms with Gasteiger partial charge in [-0.25, -0.2) is 0 Å². The third-order valence-electron chi connectivity index (χ3n) is 6.24. The molecule has 0 saturated carbocycles. The maximum atomic E-state index is 12.5. The summed E-state index contributed by atoms with van der Waals surface area (Å²) in [6.07, 6.45) is 3.22. The van der Waals surface area contributed by atoms with Crippen molar-refractivity contribution in [1.29, 1.82) is 0 Å². The lowest BCUT2D eigenvalue weighted by Gasteiger charge is -2.43. The zero-order valence-corrected chi connectivity index (χ0v) is 16.9. The first-order valence-electron chi connectivity index (χ1n) is 10.5. The van der Waals surface area contributed by atoms with Crippen molar-refractivity contribution in [2.75, 3.05) is 26.7 Å². The summed E-state index contributed by atoms with van der Waals surface area (Å²) in [4.78, 5) is 25.0. The second kappa shape index (κ2) is 8.82. The molecule has 2 aliphatic rings. The molecule has 3 heterocycles. The van der Waals surface area contributed by atoms with Crippen molar-refractivity contribution in [2.45, 2.75) is 37.6 Å². The van der Waals surface area contributed by atoms with E-state index < -0.39 is 0 Å². The molecule has 2 bridgehead atoms. The average molecular weight is 396 g/mol. The van der Waals surface area contributed by atoms with Gasteiger partial charge in [-0.1, -0.05) is 18.2 Å². The molecule has 2 N–H and O–H groups in total. The summed E-state index contributed by atoms with van der Waals surface area (Å²) >= 11 is 0. The van der Waals surface area contributed by atoms with Gasteiger partial charge in [0, 0.05) is 43.7 Å². The molecule has 2 aromatic rings. The Morgan fingerprint density at radius 3 is 2.83 bits per heavy atom. The SMILES string of the molecule is COc1ccc(CCCC(=O)NC[C@H]2[C@@H]3CNC[C@@H](C3)c3cccc(=O)n32)cc1. The molecule has 0 radical (unpaired) electrons. The van der Waals surface area contributed by atoms with Crippen molar-refractivity contribution in [3.05, 3.63) is 64.1 Å². The fraction of sp³-hybridized carbons (Fsp3) is 0.478. The van der Waals surface area contributed by atoms with Crippen LogP contribution in [0.5, 0.6) is 5.75 Å². The van der Waals surface area contributed by atoms with Crippen LogP contribution in [0.15, 0.2) is 47.3 Å². The Hall–Kier alpha value is -2.60. The number of carbonyl (C=O) groups is 1. The number of carbonyl (C=O) groups excluding carboxylic acids is 1. The first kappa shape index (κ1) is 19.7. The summed E-state index contributed by atoms with van der Waals surface area (Å²) < 4.78 is 7.10. The van der Waals surface area contributed by atoms with Crippen LogP contribution in [-0.2, 0) is 11.2 Å². The molecule has 1 fully saturated rings. The largest absolute Gasteiger partial charge is 0.497 e. The topological polar surface area (TPSA) is 72.4 Å². The highest BCUT2D eigenvalue weighted by Gasteiger charge is 2.37. The highest BCUT2D eigenvalue weighted by Crippen LogP contribution is 2.38. The van der Waals surface area contributed by atoms with Gasteiger partial charge in [-0.15, -0.1) is 0 Å². The Balaban J connectivity index is 1.33. The quantitative estimate of drug-likeness (QED) is 0.754. The highest BCUT2D eigenvalue weighted by molar-refractivity contribution is 5.75. The second-order valence-corrected chi connectivity index (χ2v) is 8.08. The third-order valence-corrected chi connectivity index (χ3v) is 6.24. The van der Waals surface area contributed by atoms with E-state index in [2.05, 4.69) is 16.7 Å². The zero-order chi connectivity index (χ0) is 20.2. The van der Waals surface area contributed by atoms with Crippen LogP contribution in [0, 0.1) is 5.92 Å². The van der Waals surface area contributed by atoms with Gasteiger partial charge >= 0.3 is 0 Å². The molecule has 2 aliphatic heterocycles. The number of benzene rings is 1. The van der Waals surface area contributed by atoms with Crippen molar-refractivity contribution in [1.82, 2.24) is 15.2 Å². The first-order chi connectivity index (χ1) is 14.2. The van der Waals surface area contributed by atoms with Gasteiger partial charge in [-0.05, 0) is 48.9 Å². The highest BCUT2D eigenvalue weighted by atomic mass is 16.5. The zero-order valence-electron chi connectivity index (χ0n) is 16.9. The predicted molar refractivity (Wildman–Crippen MR) is 112 cm³/mol. The smallest absolute Gasteiger partial charge is 0.251 e. The van der Waals surface area contributed by atoms with Gasteiger partial charge in [-0.2, -0.15) is 0 Å². The van der Waals surface area contributed by atoms with E-state index in [1.807, 2.05) is 34.9 Å². The number of nitrogens with one attached hydrogen (secondary N) is 2. The van der Waals surface area contributed by atoms with Gasteiger partial charge in [0.25, 0.3) is 5.56 Å². The minimum atomic E-state index is 0.0216. The van der Waals surface area contributed by atoms with Crippen LogP contribution in [0.3, 0.4) is 0 Å². The van der Waals surface area contributed by atoms with Gasteiger partial charge in [0.15, 0.2) is 0 Å². The van der Waals surface area contributed by atoms with Crippen LogP contribution in [-0.4, -0.2) is 37.2 Å². The number of aryl methyl sites for hydroxylation is 1. The number of nitrogens with zero attached hydrogens (tertiary/aromatic N) is 1. The Labute approximate surface area is 171 Å². The van der Waals surface area contributed by atoms with Crippen molar-refractivity contribution >= 4 is 5.91 Å². The van der Waals surface area contributed by atoms with Gasteiger partial charge < -0.3 is 19.9 Å². The second-order valence-electron chi connectivity index (χ2n) is 8.08. The molecule has 29 heavy (non-hydrogen) atoms. The summed E-state index contributed by atoms with van der Waals surface area (Å²) in [5.74, 6) is 1.66. The van der Waals surface area contributed by atoms with Crippen molar-refractivity contribution in [3.63, 3.8) is 0 Å². The minimum Gasteiger partial charge on any atom is -0.497 e. The van der Waals surface area contributed by atoms with Crippen molar-refractivity contribution in [2.24, 2.45) is 5.92 Å². The fourth-order valence-corrected chi connectivity index (χ4v) is 4.72. The van der Waals surface area contributed by atoms with E-state index in [9.17, 15) is 9.59 Å². The van der Waals surface area contributed by atoms with E-state index in [0.29, 0.717) is 24.8 Å². The summed E-state index contributed by atoms with van der Waals surface area (Å²) in [6, 6.07) is 13.5. The maximum absolute atomic E-state index is 12.5. The average Bonchev–Trinajstić information content (AvgIpc) is 2.75. The number of fused-ring (bicyclic) bond motifs is 4. The lowest BCUT2D eigenvalue weighted by Crippen LogP contribution is -2.50. The van der Waals surface area contributed by atoms with Gasteiger partial charge in [0.2, 0.25) is 5.91 Å². The molecule has 1 aromatic heterocycles. The number of hydrogen-bond donors (Lipinski definition) is 2. The molecule has 0 spiro atoms. The van der Waals surface area contributed by atoms with Gasteiger partial charge in [0.1, 0.15) is 5.75 Å². The number of piperidine rings is 1. The van der Waals surface area contributed by atoms with E-state index in [-0.39, 0.29) is 17.5 Å². The Bertz CT molecular complexity index is 906. The molecule has 6 heteroatoms. The summed E-state index contributed by atoms with van der Waals surface area (Å²) in [5.41, 5.74) is 2.34. The molecule has 6 nitrogen and oxygen atoms in total. The standard InChI is InChI=1S/C23H29N3O3/c1-29-19-10-8-16(9-11-19)4-2-6-22(27)25-15-21-18-12-17(13-24-14-18)20-5-3-7-23(28)26(20)21/h3,5,7-11,17-18,21,24H,2,4,6,12-15H2,1H3,(H,25,27)/t17-,18+,21+/m1/s1. The molecule has 3 atom stereocenters. The number of ether oxygens (including phenoxy) is 1. The van der Waals surface area contributed by atoms with E-state index in [4.69, 9.17) is 4.74 Å². The van der Waals surface area contributed by atoms with E-state index in [1.54, 1.807) is 13.2 Å². The van der Waals surface area contributed by atoms with Crippen molar-refractivity contribution in [3.8, 4) is 5.75 Å².